The lowest BCUT2D eigenvalue weighted by molar-refractivity contribution is -0.137. The highest BCUT2D eigenvalue weighted by Gasteiger charge is 2.31. The van der Waals surface area contributed by atoms with Crippen LogP contribution in [0.25, 0.3) is 11.3 Å². The largest absolute Gasteiger partial charge is 0.416 e. The number of sulfonamides is 1. The third kappa shape index (κ3) is 7.63. The van der Waals surface area contributed by atoms with Gasteiger partial charge in [-0.25, -0.2) is 8.42 Å². The van der Waals surface area contributed by atoms with Crippen LogP contribution in [-0.4, -0.2) is 49.4 Å². The van der Waals surface area contributed by atoms with Gasteiger partial charge in [-0.05, 0) is 62.5 Å². The first-order chi connectivity index (χ1) is 14.8. The third-order valence-electron chi connectivity index (χ3n) is 5.13. The van der Waals surface area contributed by atoms with Crippen molar-refractivity contribution in [2.75, 3.05) is 36.3 Å². The van der Waals surface area contributed by atoms with Crippen LogP contribution in [0.3, 0.4) is 0 Å². The molecule has 32 heavy (non-hydrogen) atoms. The number of nitrogen functional groups attached to an aromatic ring is 1. The predicted octanol–water partition coefficient (Wildman–Crippen LogP) is 4.16. The summed E-state index contributed by atoms with van der Waals surface area (Å²) in [5.41, 5.74) is 5.28. The number of nitrogens with two attached hydrogens (primary N) is 1. The molecule has 1 aromatic carbocycles. The van der Waals surface area contributed by atoms with Crippen molar-refractivity contribution in [1.29, 1.82) is 0 Å². The molecule has 0 saturated carbocycles. The smallest absolute Gasteiger partial charge is 0.382 e. The van der Waals surface area contributed by atoms with E-state index in [1.807, 2.05) is 0 Å². The quantitative estimate of drug-likeness (QED) is 0.691. The Morgan fingerprint density at radius 1 is 1.25 bits per heavy atom. The number of nitrogens with zero attached hydrogens (tertiary/aromatic N) is 3. The number of nitrogens with one attached hydrogen (secondary N) is 1. The Bertz CT molecular complexity index is 1030. The van der Waals surface area contributed by atoms with Gasteiger partial charge in [0.25, 0.3) is 0 Å². The van der Waals surface area contributed by atoms with E-state index in [4.69, 9.17) is 5.73 Å². The standard InChI is InChI=1S/C13H13F3N4O2S.C8H17N/c1-7-5-10(18-19-12(7)17)9-4-3-8(13(14,15)16)6-11(9)20-23(2,21)22;1-3-9-6-4-5-8(2)7-9/h3-6,20H,1-2H3,(H2,17,19);8H,3-7H2,1-2H3/t;8-/m.1/s1. The number of halogens is 3. The Hall–Kier alpha value is -2.40. The average Bonchev–Trinajstić information content (AvgIpc) is 2.69. The Morgan fingerprint density at radius 2 is 1.94 bits per heavy atom. The minimum atomic E-state index is -4.60. The van der Waals surface area contributed by atoms with Crippen molar-refractivity contribution < 1.29 is 21.6 Å². The van der Waals surface area contributed by atoms with Crippen LogP contribution in [0.5, 0.6) is 0 Å². The lowest BCUT2D eigenvalue weighted by Gasteiger charge is -2.29. The summed E-state index contributed by atoms with van der Waals surface area (Å²) in [6.45, 7) is 10.2. The van der Waals surface area contributed by atoms with Gasteiger partial charge in [-0.2, -0.15) is 13.2 Å². The summed E-state index contributed by atoms with van der Waals surface area (Å²) < 4.78 is 63.4. The van der Waals surface area contributed by atoms with Crippen LogP contribution in [0.15, 0.2) is 24.3 Å². The fraction of sp³-hybridized carbons (Fsp3) is 0.524. The molecule has 1 aliphatic rings. The molecule has 0 unspecified atom stereocenters. The van der Waals surface area contributed by atoms with Crippen LogP contribution in [-0.2, 0) is 16.2 Å². The van der Waals surface area contributed by atoms with Gasteiger partial charge in [0.05, 0.1) is 23.2 Å². The van der Waals surface area contributed by atoms with Gasteiger partial charge < -0.3 is 10.6 Å². The molecule has 0 aliphatic carbocycles. The summed E-state index contributed by atoms with van der Waals surface area (Å²) in [6.07, 6.45) is -0.905. The lowest BCUT2D eigenvalue weighted by atomic mass is 10.0. The molecule has 0 amide bonds. The molecule has 1 aromatic heterocycles. The molecular weight excluding hydrogens is 443 g/mol. The maximum absolute atomic E-state index is 12.8. The normalized spacial score (nSPS) is 17.4. The molecule has 0 bridgehead atoms. The number of alkyl halides is 3. The number of piperidine rings is 1. The van der Waals surface area contributed by atoms with Gasteiger partial charge in [-0.15, -0.1) is 10.2 Å². The Labute approximate surface area is 187 Å². The second kappa shape index (κ2) is 10.5. The first kappa shape index (κ1) is 25.9. The molecular formula is C21H30F3N5O2S. The first-order valence-corrected chi connectivity index (χ1v) is 12.2. The molecule has 1 saturated heterocycles. The van der Waals surface area contributed by atoms with Crippen molar-refractivity contribution in [1.82, 2.24) is 15.1 Å². The van der Waals surface area contributed by atoms with E-state index in [-0.39, 0.29) is 22.8 Å². The van der Waals surface area contributed by atoms with E-state index in [0.717, 1.165) is 24.3 Å². The third-order valence-corrected chi connectivity index (χ3v) is 5.72. The highest BCUT2D eigenvalue weighted by Crippen LogP contribution is 2.36. The minimum Gasteiger partial charge on any atom is -0.382 e. The zero-order valence-corrected chi connectivity index (χ0v) is 19.5. The lowest BCUT2D eigenvalue weighted by Crippen LogP contribution is -2.33. The summed E-state index contributed by atoms with van der Waals surface area (Å²) in [5.74, 6) is 1.12. The van der Waals surface area contributed by atoms with E-state index < -0.39 is 21.8 Å². The molecule has 1 atom stereocenters. The van der Waals surface area contributed by atoms with Crippen LogP contribution in [0, 0.1) is 12.8 Å². The monoisotopic (exact) mass is 473 g/mol. The van der Waals surface area contributed by atoms with Crippen LogP contribution >= 0.6 is 0 Å². The summed E-state index contributed by atoms with van der Waals surface area (Å²) in [7, 11) is -3.78. The topological polar surface area (TPSA) is 101 Å². The molecule has 2 heterocycles. The second-order valence-electron chi connectivity index (χ2n) is 8.07. The first-order valence-electron chi connectivity index (χ1n) is 10.3. The predicted molar refractivity (Wildman–Crippen MR) is 121 cm³/mol. The Morgan fingerprint density at radius 3 is 2.44 bits per heavy atom. The highest BCUT2D eigenvalue weighted by atomic mass is 32.2. The van der Waals surface area contributed by atoms with Crippen molar-refractivity contribution >= 4 is 21.5 Å². The van der Waals surface area contributed by atoms with E-state index in [1.165, 1.54) is 38.5 Å². The minimum absolute atomic E-state index is 0.166. The van der Waals surface area contributed by atoms with E-state index in [2.05, 4.69) is 33.7 Å². The number of hydrogen-bond acceptors (Lipinski definition) is 6. The fourth-order valence-electron chi connectivity index (χ4n) is 3.43. The number of hydrogen-bond donors (Lipinski definition) is 2. The van der Waals surface area contributed by atoms with E-state index in [0.29, 0.717) is 11.6 Å². The SMILES string of the molecule is CCN1CCC[C@@H](C)C1.Cc1cc(-c2ccc(C(F)(F)F)cc2NS(C)(=O)=O)nnc1N. The molecule has 7 nitrogen and oxygen atoms in total. The fourth-order valence-corrected chi connectivity index (χ4v) is 4.00. The van der Waals surface area contributed by atoms with E-state index in [9.17, 15) is 21.6 Å². The zero-order valence-electron chi connectivity index (χ0n) is 18.7. The van der Waals surface area contributed by atoms with Crippen molar-refractivity contribution in [2.45, 2.75) is 39.8 Å². The van der Waals surface area contributed by atoms with Gasteiger partial charge in [0, 0.05) is 12.1 Å². The molecule has 3 rings (SSSR count). The zero-order chi connectivity index (χ0) is 24.1. The molecule has 0 radical (unpaired) electrons. The number of likely N-dealkylation sites (tertiary alicyclic amines) is 1. The van der Waals surface area contributed by atoms with Crippen LogP contribution in [0.1, 0.15) is 37.8 Å². The Balaban J connectivity index is 0.000000336. The molecule has 1 fully saturated rings. The molecule has 178 valence electrons. The summed E-state index contributed by atoms with van der Waals surface area (Å²) in [6, 6.07) is 4.20. The number of aromatic nitrogens is 2. The number of aryl methyl sites for hydroxylation is 1. The second-order valence-corrected chi connectivity index (χ2v) is 9.82. The maximum atomic E-state index is 12.8. The van der Waals surface area contributed by atoms with Crippen LogP contribution in [0.2, 0.25) is 0 Å². The van der Waals surface area contributed by atoms with Crippen LogP contribution in [0.4, 0.5) is 24.7 Å². The summed E-state index contributed by atoms with van der Waals surface area (Å²) in [4.78, 5) is 2.54. The van der Waals surface area contributed by atoms with Crippen LogP contribution < -0.4 is 10.5 Å². The van der Waals surface area contributed by atoms with Gasteiger partial charge in [0.15, 0.2) is 0 Å². The molecule has 11 heteroatoms. The van der Waals surface area contributed by atoms with Crippen molar-refractivity contribution in [2.24, 2.45) is 5.92 Å². The van der Waals surface area contributed by atoms with Crippen molar-refractivity contribution in [3.8, 4) is 11.3 Å². The van der Waals surface area contributed by atoms with Gasteiger partial charge in [0.2, 0.25) is 10.0 Å². The molecule has 1 aliphatic heterocycles. The Kier molecular flexibility index (Phi) is 8.47. The van der Waals surface area contributed by atoms with Gasteiger partial charge in [-0.1, -0.05) is 19.9 Å². The number of anilines is 2. The summed E-state index contributed by atoms with van der Waals surface area (Å²) >= 11 is 0. The number of benzene rings is 1. The number of rotatable bonds is 4. The average molecular weight is 474 g/mol. The van der Waals surface area contributed by atoms with Gasteiger partial charge in [0.1, 0.15) is 5.82 Å². The summed E-state index contributed by atoms with van der Waals surface area (Å²) in [5, 5.41) is 7.49. The maximum Gasteiger partial charge on any atom is 0.416 e. The molecule has 0 spiro atoms. The van der Waals surface area contributed by atoms with Crippen molar-refractivity contribution in [3.63, 3.8) is 0 Å². The molecule has 3 N–H and O–H groups in total. The van der Waals surface area contributed by atoms with Gasteiger partial charge >= 0.3 is 6.18 Å². The molecule has 2 aromatic rings. The van der Waals surface area contributed by atoms with E-state index in [1.54, 1.807) is 6.92 Å². The van der Waals surface area contributed by atoms with Gasteiger partial charge in [-0.3, -0.25) is 4.72 Å². The van der Waals surface area contributed by atoms with Crippen molar-refractivity contribution in [3.05, 3.63) is 35.4 Å². The highest BCUT2D eigenvalue weighted by molar-refractivity contribution is 7.92. The van der Waals surface area contributed by atoms with E-state index >= 15 is 0 Å².